The van der Waals surface area contributed by atoms with Crippen molar-refractivity contribution >= 4 is 5.97 Å². The molecule has 0 aromatic rings. The Balaban J connectivity index is 1.81. The van der Waals surface area contributed by atoms with E-state index < -0.39 is 0 Å². The number of esters is 1. The Bertz CT molecular complexity index is 464. The first kappa shape index (κ1) is 18.0. The van der Waals surface area contributed by atoms with Gasteiger partial charge in [-0.05, 0) is 55.8 Å². The molecule has 2 heteroatoms. The van der Waals surface area contributed by atoms with Crippen LogP contribution in [0, 0.1) is 29.1 Å². The number of ether oxygens (including phenoxy) is 1. The second kappa shape index (κ2) is 6.84. The van der Waals surface area contributed by atoms with E-state index in [2.05, 4.69) is 27.4 Å². The van der Waals surface area contributed by atoms with Crippen LogP contribution in [-0.4, -0.2) is 11.6 Å². The summed E-state index contributed by atoms with van der Waals surface area (Å²) in [5, 5.41) is 0. The molecule has 0 aliphatic heterocycles. The van der Waals surface area contributed by atoms with Gasteiger partial charge >= 0.3 is 5.97 Å². The fourth-order valence-electron chi connectivity index (χ4n) is 6.78. The van der Waals surface area contributed by atoms with Gasteiger partial charge in [-0.25, -0.2) is 4.79 Å². The highest BCUT2D eigenvalue weighted by Crippen LogP contribution is 2.66. The van der Waals surface area contributed by atoms with Gasteiger partial charge in [-0.1, -0.05) is 53.0 Å². The molecule has 4 fully saturated rings. The molecule has 2 nitrogen and oxygen atoms in total. The topological polar surface area (TPSA) is 26.3 Å². The first-order valence-electron chi connectivity index (χ1n) is 10.3. The molecule has 4 saturated carbocycles. The van der Waals surface area contributed by atoms with E-state index in [0.29, 0.717) is 23.2 Å². The Morgan fingerprint density at radius 1 is 1.21 bits per heavy atom. The van der Waals surface area contributed by atoms with Crippen molar-refractivity contribution in [3.63, 3.8) is 0 Å². The van der Waals surface area contributed by atoms with E-state index in [1.807, 2.05) is 0 Å². The highest BCUT2D eigenvalue weighted by atomic mass is 16.6. The predicted octanol–water partition coefficient (Wildman–Crippen LogP) is 5.91. The minimum absolute atomic E-state index is 0.201. The molecule has 0 aromatic heterocycles. The first-order valence-corrected chi connectivity index (χ1v) is 10.3. The Hall–Kier alpha value is -0.790. The van der Waals surface area contributed by atoms with E-state index in [9.17, 15) is 4.79 Å². The minimum Gasteiger partial charge on any atom is -0.455 e. The molecule has 4 rings (SSSR count). The molecule has 4 aliphatic rings. The Labute approximate surface area is 148 Å². The predicted molar refractivity (Wildman–Crippen MR) is 98.6 cm³/mol. The molecule has 3 unspecified atom stereocenters. The Morgan fingerprint density at radius 2 is 1.88 bits per heavy atom. The Kier molecular flexibility index (Phi) is 5.14. The summed E-state index contributed by atoms with van der Waals surface area (Å²) in [5.74, 6) is 2.28. The molecule has 3 atom stereocenters. The summed E-state index contributed by atoms with van der Waals surface area (Å²) in [7, 11) is 0. The lowest BCUT2D eigenvalue weighted by Crippen LogP contribution is -2.64. The minimum atomic E-state index is -0.214. The molecule has 0 amide bonds. The molecule has 0 aromatic carbocycles. The second-order valence-corrected chi connectivity index (χ2v) is 9.38. The van der Waals surface area contributed by atoms with Crippen molar-refractivity contribution in [2.24, 2.45) is 29.1 Å². The molecule has 0 spiro atoms. The second-order valence-electron chi connectivity index (χ2n) is 9.38. The monoisotopic (exact) mass is 332 g/mol. The van der Waals surface area contributed by atoms with Gasteiger partial charge in [-0.2, -0.15) is 0 Å². The molecule has 0 radical (unpaired) electrons. The van der Waals surface area contributed by atoms with E-state index in [-0.39, 0.29) is 11.6 Å². The maximum Gasteiger partial charge on any atom is 0.330 e. The fraction of sp³-hybridized carbons (Fsp3) is 0.864. The van der Waals surface area contributed by atoms with Gasteiger partial charge < -0.3 is 4.74 Å². The lowest BCUT2D eigenvalue weighted by molar-refractivity contribution is -0.238. The quantitative estimate of drug-likeness (QED) is 0.314. The zero-order chi connectivity index (χ0) is 17.4. The molecular weight excluding hydrogens is 296 g/mol. The summed E-state index contributed by atoms with van der Waals surface area (Å²) in [6.45, 7) is 10.7. The molecule has 0 saturated heterocycles. The molecule has 4 aliphatic carbocycles. The first-order chi connectivity index (χ1) is 11.4. The van der Waals surface area contributed by atoms with Crippen LogP contribution >= 0.6 is 0 Å². The summed E-state index contributed by atoms with van der Waals surface area (Å²) < 4.78 is 6.27. The summed E-state index contributed by atoms with van der Waals surface area (Å²) in [6, 6.07) is 0. The van der Waals surface area contributed by atoms with Gasteiger partial charge in [0.25, 0.3) is 0 Å². The van der Waals surface area contributed by atoms with E-state index >= 15 is 0 Å². The summed E-state index contributed by atoms with van der Waals surface area (Å²) in [6.07, 6.45) is 14.2. The third-order valence-corrected chi connectivity index (χ3v) is 7.48. The highest BCUT2D eigenvalue weighted by molar-refractivity contribution is 5.81. The molecular formula is C22H36O2. The van der Waals surface area contributed by atoms with Gasteiger partial charge in [0.2, 0.25) is 0 Å². The van der Waals surface area contributed by atoms with Crippen molar-refractivity contribution in [1.82, 2.24) is 0 Å². The molecule has 0 N–H and O–H groups in total. The summed E-state index contributed by atoms with van der Waals surface area (Å²) in [5.41, 5.74) is 0.288. The highest BCUT2D eigenvalue weighted by Gasteiger charge is 2.64. The van der Waals surface area contributed by atoms with Crippen LogP contribution in [0.5, 0.6) is 0 Å². The van der Waals surface area contributed by atoms with Gasteiger partial charge in [-0.3, -0.25) is 0 Å². The van der Waals surface area contributed by atoms with Gasteiger partial charge in [0, 0.05) is 17.9 Å². The average molecular weight is 333 g/mol. The van der Waals surface area contributed by atoms with E-state index in [4.69, 9.17) is 4.74 Å². The van der Waals surface area contributed by atoms with Crippen LogP contribution in [-0.2, 0) is 9.53 Å². The van der Waals surface area contributed by atoms with Crippen molar-refractivity contribution in [3.8, 4) is 0 Å². The zero-order valence-corrected chi connectivity index (χ0v) is 16.0. The maximum absolute atomic E-state index is 12.2. The van der Waals surface area contributed by atoms with Crippen molar-refractivity contribution in [1.29, 1.82) is 0 Å². The van der Waals surface area contributed by atoms with Crippen LogP contribution in [0.1, 0.15) is 85.0 Å². The van der Waals surface area contributed by atoms with Crippen LogP contribution < -0.4 is 0 Å². The van der Waals surface area contributed by atoms with Crippen molar-refractivity contribution in [2.75, 3.05) is 0 Å². The largest absolute Gasteiger partial charge is 0.455 e. The number of carbonyl (C=O) groups excluding carboxylic acids is 1. The number of carbonyl (C=O) groups is 1. The number of rotatable bonds is 8. The molecule has 0 heterocycles. The van der Waals surface area contributed by atoms with Crippen molar-refractivity contribution in [3.05, 3.63) is 12.7 Å². The molecule has 24 heavy (non-hydrogen) atoms. The van der Waals surface area contributed by atoms with Crippen LogP contribution in [0.3, 0.4) is 0 Å². The maximum atomic E-state index is 12.2. The number of unbranched alkanes of at least 4 members (excludes halogenated alkanes) is 3. The molecule has 4 bridgehead atoms. The van der Waals surface area contributed by atoms with Crippen LogP contribution in [0.2, 0.25) is 0 Å². The fourth-order valence-corrected chi connectivity index (χ4v) is 6.78. The van der Waals surface area contributed by atoms with Crippen LogP contribution in [0.25, 0.3) is 0 Å². The van der Waals surface area contributed by atoms with E-state index in [1.165, 1.54) is 70.3 Å². The van der Waals surface area contributed by atoms with Crippen LogP contribution in [0.4, 0.5) is 0 Å². The zero-order valence-electron chi connectivity index (χ0n) is 16.0. The standard InChI is InChI=1S/C22H36O2/c1-5-7-8-9-10-16(3)22(24-20(23)6-2)18-11-17-12-19(22)15-21(4,13-17)14-18/h6,16-19H,2,5,7-15H2,1,3-4H3. The smallest absolute Gasteiger partial charge is 0.330 e. The van der Waals surface area contributed by atoms with Crippen molar-refractivity contribution in [2.45, 2.75) is 90.6 Å². The third-order valence-electron chi connectivity index (χ3n) is 7.48. The Morgan fingerprint density at radius 3 is 2.42 bits per heavy atom. The lowest BCUT2D eigenvalue weighted by atomic mass is 9.43. The van der Waals surface area contributed by atoms with E-state index in [0.717, 1.165) is 5.92 Å². The summed E-state index contributed by atoms with van der Waals surface area (Å²) in [4.78, 5) is 12.2. The number of hydrogen-bond acceptors (Lipinski definition) is 2. The van der Waals surface area contributed by atoms with Crippen molar-refractivity contribution < 1.29 is 9.53 Å². The van der Waals surface area contributed by atoms with Crippen LogP contribution in [0.15, 0.2) is 12.7 Å². The lowest BCUT2D eigenvalue weighted by Gasteiger charge is -2.65. The van der Waals surface area contributed by atoms with E-state index in [1.54, 1.807) is 0 Å². The summed E-state index contributed by atoms with van der Waals surface area (Å²) >= 11 is 0. The van der Waals surface area contributed by atoms with Gasteiger partial charge in [0.1, 0.15) is 5.60 Å². The third kappa shape index (κ3) is 3.06. The number of hydrogen-bond donors (Lipinski definition) is 0. The molecule has 136 valence electrons. The average Bonchev–Trinajstić information content (AvgIpc) is 2.53. The normalized spacial score (nSPS) is 41.2. The van der Waals surface area contributed by atoms with Gasteiger partial charge in [0.05, 0.1) is 0 Å². The SMILES string of the molecule is C=CC(=O)OC1(C(C)CCCCCC)C2CC3CC1CC(C)(C3)C2. The van der Waals surface area contributed by atoms with Gasteiger partial charge in [-0.15, -0.1) is 0 Å². The van der Waals surface area contributed by atoms with Gasteiger partial charge in [0.15, 0.2) is 0 Å².